The lowest BCUT2D eigenvalue weighted by atomic mass is 10.1. The normalized spacial score (nSPS) is 25.3. The minimum atomic E-state index is 0.677. The minimum Gasteiger partial charge on any atom is -0.254 e. The zero-order valence-electron chi connectivity index (χ0n) is 7.14. The van der Waals surface area contributed by atoms with E-state index in [1.54, 1.807) is 0 Å². The van der Waals surface area contributed by atoms with Crippen molar-refractivity contribution >= 4 is 0 Å². The van der Waals surface area contributed by atoms with Gasteiger partial charge in [0.25, 0.3) is 0 Å². The second-order valence-corrected chi connectivity index (χ2v) is 2.97. The number of nitrogens with zero attached hydrogens (tertiary/aromatic N) is 1. The van der Waals surface area contributed by atoms with Gasteiger partial charge in [-0.1, -0.05) is 19.3 Å². The van der Waals surface area contributed by atoms with Crippen LogP contribution in [0.5, 0.6) is 0 Å². The highest BCUT2D eigenvalue weighted by molar-refractivity contribution is 4.90. The zero-order valence-corrected chi connectivity index (χ0v) is 7.14. The summed E-state index contributed by atoms with van der Waals surface area (Å²) in [7, 11) is 0. The predicted octanol–water partition coefficient (Wildman–Crippen LogP) is 0.999. The Morgan fingerprint density at radius 1 is 1.73 bits per heavy atom. The molecule has 0 radical (unpaired) electrons. The molecule has 1 heterocycles. The van der Waals surface area contributed by atoms with Gasteiger partial charge in [-0.3, -0.25) is 5.43 Å². The van der Waals surface area contributed by atoms with E-state index in [-0.39, 0.29) is 0 Å². The van der Waals surface area contributed by atoms with Crippen LogP contribution < -0.4 is 5.43 Å². The highest BCUT2D eigenvalue weighted by Crippen LogP contribution is 2.12. The molecule has 1 aliphatic heterocycles. The fourth-order valence-corrected chi connectivity index (χ4v) is 1.58. The Hall–Kier alpha value is -0.520. The largest absolute Gasteiger partial charge is 0.254 e. The Bertz CT molecular complexity index is 148. The van der Waals surface area contributed by atoms with Gasteiger partial charge >= 0.3 is 0 Å². The Morgan fingerprint density at radius 2 is 2.55 bits per heavy atom. The molecular formula is C9H16N2. The van der Waals surface area contributed by atoms with E-state index >= 15 is 0 Å². The van der Waals surface area contributed by atoms with Crippen molar-refractivity contribution in [2.45, 2.75) is 32.2 Å². The van der Waals surface area contributed by atoms with Crippen molar-refractivity contribution in [2.24, 2.45) is 0 Å². The lowest BCUT2D eigenvalue weighted by molar-refractivity contribution is 0.204. The fraction of sp³-hybridized carbons (Fsp3) is 0.778. The van der Waals surface area contributed by atoms with Gasteiger partial charge in [-0.2, -0.15) is 0 Å². The maximum atomic E-state index is 5.24. The van der Waals surface area contributed by atoms with E-state index < -0.39 is 0 Å². The quantitative estimate of drug-likeness (QED) is 0.607. The summed E-state index contributed by atoms with van der Waals surface area (Å²) >= 11 is 0. The molecule has 11 heavy (non-hydrogen) atoms. The summed E-state index contributed by atoms with van der Waals surface area (Å²) in [6.07, 6.45) is 8.98. The smallest absolute Gasteiger partial charge is 0.0743 e. The maximum Gasteiger partial charge on any atom is 0.0743 e. The van der Waals surface area contributed by atoms with Crippen molar-refractivity contribution in [2.75, 3.05) is 13.1 Å². The summed E-state index contributed by atoms with van der Waals surface area (Å²) in [4.78, 5) is 0. The molecule has 1 saturated heterocycles. The highest BCUT2D eigenvalue weighted by atomic mass is 15.5. The van der Waals surface area contributed by atoms with Crippen LogP contribution in [0.15, 0.2) is 0 Å². The van der Waals surface area contributed by atoms with Gasteiger partial charge in [0.05, 0.1) is 6.54 Å². The first-order chi connectivity index (χ1) is 5.38. The van der Waals surface area contributed by atoms with Crippen LogP contribution in [0.1, 0.15) is 26.2 Å². The molecule has 0 amide bonds. The third-order valence-corrected chi connectivity index (χ3v) is 2.12. The third kappa shape index (κ3) is 2.21. The first-order valence-electron chi connectivity index (χ1n) is 4.32. The molecule has 62 valence electrons. The van der Waals surface area contributed by atoms with Crippen LogP contribution in [0.3, 0.4) is 0 Å². The molecule has 0 aromatic carbocycles. The molecule has 2 heteroatoms. The van der Waals surface area contributed by atoms with Crippen LogP contribution in [0, 0.1) is 12.3 Å². The molecule has 0 aliphatic carbocycles. The van der Waals surface area contributed by atoms with Gasteiger partial charge in [-0.15, -0.1) is 6.42 Å². The second kappa shape index (κ2) is 4.38. The maximum absolute atomic E-state index is 5.24. The van der Waals surface area contributed by atoms with Crippen molar-refractivity contribution in [3.63, 3.8) is 0 Å². The standard InChI is InChI=1S/C9H16N2/c1-3-5-9-6-7-10-11(9)8-4-2/h2,9-10H,3,5-8H2,1H3. The molecule has 1 atom stereocenters. The van der Waals surface area contributed by atoms with Crippen molar-refractivity contribution in [3.8, 4) is 12.3 Å². The molecule has 0 aromatic heterocycles. The molecule has 2 nitrogen and oxygen atoms in total. The summed E-state index contributed by atoms with van der Waals surface area (Å²) in [6, 6.07) is 0.677. The summed E-state index contributed by atoms with van der Waals surface area (Å²) in [5.74, 6) is 2.66. The van der Waals surface area contributed by atoms with E-state index in [9.17, 15) is 0 Å². The van der Waals surface area contributed by atoms with Gasteiger partial charge in [0.15, 0.2) is 0 Å². The van der Waals surface area contributed by atoms with Crippen LogP contribution in [0.25, 0.3) is 0 Å². The Kier molecular flexibility index (Phi) is 3.41. The van der Waals surface area contributed by atoms with Gasteiger partial charge in [-0.05, 0) is 12.8 Å². The third-order valence-electron chi connectivity index (χ3n) is 2.12. The summed E-state index contributed by atoms with van der Waals surface area (Å²) in [5.41, 5.74) is 3.28. The number of rotatable bonds is 3. The lowest BCUT2D eigenvalue weighted by Gasteiger charge is -2.20. The average molecular weight is 152 g/mol. The van der Waals surface area contributed by atoms with Gasteiger partial charge < -0.3 is 0 Å². The lowest BCUT2D eigenvalue weighted by Crippen LogP contribution is -2.37. The number of terminal acetylenes is 1. The van der Waals surface area contributed by atoms with E-state index in [1.165, 1.54) is 19.3 Å². The van der Waals surface area contributed by atoms with Crippen LogP contribution in [-0.4, -0.2) is 24.1 Å². The average Bonchev–Trinajstić information content (AvgIpc) is 2.39. The summed E-state index contributed by atoms with van der Waals surface area (Å²) < 4.78 is 0. The summed E-state index contributed by atoms with van der Waals surface area (Å²) in [5, 5.41) is 2.18. The zero-order chi connectivity index (χ0) is 8.10. The Labute approximate surface area is 68.9 Å². The topological polar surface area (TPSA) is 15.3 Å². The first-order valence-corrected chi connectivity index (χ1v) is 4.32. The molecule has 1 rings (SSSR count). The second-order valence-electron chi connectivity index (χ2n) is 2.97. The molecule has 1 aliphatic rings. The van der Waals surface area contributed by atoms with Crippen LogP contribution in [-0.2, 0) is 0 Å². The molecule has 0 bridgehead atoms. The number of hydrogen-bond acceptors (Lipinski definition) is 2. The van der Waals surface area contributed by atoms with Crippen molar-refractivity contribution in [1.29, 1.82) is 0 Å². The van der Waals surface area contributed by atoms with E-state index in [1.807, 2.05) is 0 Å². The van der Waals surface area contributed by atoms with Crippen LogP contribution in [0.2, 0.25) is 0 Å². The van der Waals surface area contributed by atoms with Crippen LogP contribution in [0.4, 0.5) is 0 Å². The van der Waals surface area contributed by atoms with Crippen LogP contribution >= 0.6 is 0 Å². The molecule has 1 fully saturated rings. The van der Waals surface area contributed by atoms with Crippen molar-refractivity contribution in [3.05, 3.63) is 0 Å². The monoisotopic (exact) mass is 152 g/mol. The van der Waals surface area contributed by atoms with E-state index in [2.05, 4.69) is 23.3 Å². The molecular weight excluding hydrogens is 136 g/mol. The number of hydrazine groups is 1. The van der Waals surface area contributed by atoms with E-state index in [0.717, 1.165) is 13.1 Å². The highest BCUT2D eigenvalue weighted by Gasteiger charge is 2.21. The predicted molar refractivity (Wildman–Crippen MR) is 46.9 cm³/mol. The number of nitrogens with one attached hydrogen (secondary N) is 1. The van der Waals surface area contributed by atoms with Crippen molar-refractivity contribution in [1.82, 2.24) is 10.4 Å². The molecule has 0 saturated carbocycles. The summed E-state index contributed by atoms with van der Waals surface area (Å²) in [6.45, 7) is 4.05. The molecule has 0 aromatic rings. The Balaban J connectivity index is 2.32. The van der Waals surface area contributed by atoms with Gasteiger partial charge in [0.1, 0.15) is 0 Å². The minimum absolute atomic E-state index is 0.677. The van der Waals surface area contributed by atoms with Crippen molar-refractivity contribution < 1.29 is 0 Å². The van der Waals surface area contributed by atoms with Gasteiger partial charge in [0, 0.05) is 12.6 Å². The van der Waals surface area contributed by atoms with E-state index in [4.69, 9.17) is 6.42 Å². The number of hydrogen-bond donors (Lipinski definition) is 1. The fourth-order valence-electron chi connectivity index (χ4n) is 1.58. The molecule has 1 N–H and O–H groups in total. The SMILES string of the molecule is C#CCN1NCCC1CCC. The van der Waals surface area contributed by atoms with E-state index in [0.29, 0.717) is 6.04 Å². The first kappa shape index (κ1) is 8.58. The molecule has 0 spiro atoms. The van der Waals surface area contributed by atoms with Gasteiger partial charge in [-0.25, -0.2) is 5.01 Å². The molecule has 1 unspecified atom stereocenters. The van der Waals surface area contributed by atoms with Gasteiger partial charge in [0.2, 0.25) is 0 Å². The Morgan fingerprint density at radius 3 is 3.18 bits per heavy atom.